The first-order valence-electron chi connectivity index (χ1n) is 5.27. The van der Waals surface area contributed by atoms with Crippen LogP contribution < -0.4 is 0 Å². The van der Waals surface area contributed by atoms with Crippen LogP contribution in [0.4, 0.5) is 0 Å². The van der Waals surface area contributed by atoms with E-state index < -0.39 is 23.0 Å². The van der Waals surface area contributed by atoms with Gasteiger partial charge in [0, 0.05) is 0 Å². The van der Waals surface area contributed by atoms with E-state index in [1.807, 2.05) is 0 Å². The topological polar surface area (TPSA) is 0 Å². The lowest BCUT2D eigenvalue weighted by atomic mass is 10.9. The van der Waals surface area contributed by atoms with E-state index in [2.05, 4.69) is 50.7 Å². The molecule has 13 heavy (non-hydrogen) atoms. The summed E-state index contributed by atoms with van der Waals surface area (Å²) in [5, 5.41) is 0. The Kier molecular flexibility index (Phi) is 2.83. The largest absolute Gasteiger partial charge is 0.122 e. The summed E-state index contributed by atoms with van der Waals surface area (Å²) >= 11 is 0. The smallest absolute Gasteiger partial charge is 0.0711 e. The fourth-order valence-corrected chi connectivity index (χ4v) is 32.3. The normalized spacial score (nSPS) is 26.5. The lowest BCUT2D eigenvalue weighted by Gasteiger charge is -2.32. The van der Waals surface area contributed by atoms with Crippen LogP contribution in [0, 0.1) is 0 Å². The van der Waals surface area contributed by atoms with Crippen LogP contribution in [0.5, 0.6) is 0 Å². The average Bonchev–Trinajstić information content (AvgIpc) is 1.98. The molecule has 1 fully saturated rings. The van der Waals surface area contributed by atoms with Gasteiger partial charge < -0.3 is 0 Å². The van der Waals surface area contributed by atoms with Gasteiger partial charge in [0.25, 0.3) is 0 Å². The molecule has 0 aromatic rings. The standard InChI is InChI=1S/C10H25PSi2/c1-11(2,3)10-12(4,5)8-9-13(10,6)7/h8-9H2,1-7H3. The fourth-order valence-electron chi connectivity index (χ4n) is 3.59. The van der Waals surface area contributed by atoms with Gasteiger partial charge in [0.05, 0.1) is 16.1 Å². The maximum atomic E-state index is 2.61. The van der Waals surface area contributed by atoms with E-state index in [9.17, 15) is 0 Å². The minimum absolute atomic E-state index is 0.666. The van der Waals surface area contributed by atoms with Crippen molar-refractivity contribution in [3.63, 3.8) is 0 Å². The second-order valence-corrected chi connectivity index (χ2v) is 22.0. The summed E-state index contributed by atoms with van der Waals surface area (Å²) in [6.45, 7) is 17.4. The zero-order valence-corrected chi connectivity index (χ0v) is 13.3. The van der Waals surface area contributed by atoms with Crippen LogP contribution in [0.3, 0.4) is 0 Å². The van der Waals surface area contributed by atoms with Gasteiger partial charge in [-0.25, -0.2) is 0 Å². The lowest BCUT2D eigenvalue weighted by Crippen LogP contribution is -2.45. The summed E-state index contributed by atoms with van der Waals surface area (Å²) < 4.78 is 2.15. The third kappa shape index (κ3) is 2.22. The van der Waals surface area contributed by atoms with Crippen molar-refractivity contribution in [3.05, 3.63) is 0 Å². The molecule has 3 heteroatoms. The fraction of sp³-hybridized carbons (Fsp3) is 0.900. The Balaban J connectivity index is 3.34. The van der Waals surface area contributed by atoms with Gasteiger partial charge >= 0.3 is 0 Å². The highest BCUT2D eigenvalue weighted by atomic mass is 31.2. The number of hydrogen-bond donors (Lipinski definition) is 0. The molecule has 0 aromatic heterocycles. The highest BCUT2D eigenvalue weighted by Crippen LogP contribution is 2.48. The van der Waals surface area contributed by atoms with Gasteiger partial charge in [-0.1, -0.05) is 42.8 Å². The SMILES string of the molecule is C[Si]1(C)CC[Si](C)(C)C1=P(C)(C)C. The van der Waals surface area contributed by atoms with Crippen LogP contribution in [0.25, 0.3) is 0 Å². The van der Waals surface area contributed by atoms with E-state index >= 15 is 0 Å². The number of rotatable bonds is 0. The van der Waals surface area contributed by atoms with E-state index in [1.54, 1.807) is 12.1 Å². The number of hydrogen-bond acceptors (Lipinski definition) is 0. The molecule has 0 nitrogen and oxygen atoms in total. The Morgan fingerprint density at radius 2 is 1.15 bits per heavy atom. The Morgan fingerprint density at radius 1 is 0.846 bits per heavy atom. The van der Waals surface area contributed by atoms with Crippen LogP contribution in [-0.4, -0.2) is 40.7 Å². The maximum absolute atomic E-state index is 2.61. The average molecular weight is 232 g/mol. The summed E-state index contributed by atoms with van der Waals surface area (Å²) in [6.07, 6.45) is 0. The molecule has 0 spiro atoms. The maximum Gasteiger partial charge on any atom is 0.0711 e. The predicted octanol–water partition coefficient (Wildman–Crippen LogP) is 3.57. The van der Waals surface area contributed by atoms with Crippen molar-refractivity contribution in [2.45, 2.75) is 38.3 Å². The zero-order valence-electron chi connectivity index (χ0n) is 10.4. The van der Waals surface area contributed by atoms with Gasteiger partial charge in [0.2, 0.25) is 0 Å². The lowest BCUT2D eigenvalue weighted by molar-refractivity contribution is 1.35. The predicted molar refractivity (Wildman–Crippen MR) is 74.3 cm³/mol. The molecular weight excluding hydrogens is 207 g/mol. The van der Waals surface area contributed by atoms with Crippen molar-refractivity contribution in [1.82, 2.24) is 0 Å². The third-order valence-corrected chi connectivity index (χ3v) is 22.5. The van der Waals surface area contributed by atoms with E-state index in [0.717, 1.165) is 0 Å². The van der Waals surface area contributed by atoms with Crippen LogP contribution in [-0.2, 0) is 0 Å². The molecule has 1 rings (SSSR count). The van der Waals surface area contributed by atoms with Gasteiger partial charge in [-0.05, 0) is 20.0 Å². The minimum atomic E-state index is -0.913. The molecule has 0 atom stereocenters. The van der Waals surface area contributed by atoms with Gasteiger partial charge in [-0.3, -0.25) is 0 Å². The molecular formula is C10H25PSi2. The van der Waals surface area contributed by atoms with E-state index in [1.165, 1.54) is 0 Å². The van der Waals surface area contributed by atoms with Crippen molar-refractivity contribution in [2.75, 3.05) is 20.0 Å². The first-order chi connectivity index (χ1) is 5.57. The highest BCUT2D eigenvalue weighted by molar-refractivity contribution is 7.85. The minimum Gasteiger partial charge on any atom is -0.122 e. The Bertz CT molecular complexity index is 244. The van der Waals surface area contributed by atoms with Gasteiger partial charge in [-0.2, -0.15) is 0 Å². The van der Waals surface area contributed by atoms with Gasteiger partial charge in [0.15, 0.2) is 0 Å². The van der Waals surface area contributed by atoms with Crippen LogP contribution in [0.15, 0.2) is 0 Å². The molecule has 0 unspecified atom stereocenters. The summed E-state index contributed by atoms with van der Waals surface area (Å²) in [7, 11) is -1.83. The summed E-state index contributed by atoms with van der Waals surface area (Å²) in [5.41, 5.74) is 0. The third-order valence-electron chi connectivity index (χ3n) is 3.33. The Morgan fingerprint density at radius 3 is 1.31 bits per heavy atom. The highest BCUT2D eigenvalue weighted by Gasteiger charge is 2.46. The second-order valence-electron chi connectivity index (χ2n) is 6.63. The van der Waals surface area contributed by atoms with E-state index in [0.29, 0.717) is 0 Å². The first kappa shape index (κ1) is 11.8. The van der Waals surface area contributed by atoms with Crippen molar-refractivity contribution in [2.24, 2.45) is 0 Å². The van der Waals surface area contributed by atoms with E-state index in [-0.39, 0.29) is 0 Å². The molecule has 1 aliphatic rings. The molecule has 1 aliphatic heterocycles. The van der Waals surface area contributed by atoms with Gasteiger partial charge in [0.1, 0.15) is 0 Å². The molecule has 0 bridgehead atoms. The summed E-state index contributed by atoms with van der Waals surface area (Å²) in [6, 6.07) is 3.16. The van der Waals surface area contributed by atoms with Gasteiger partial charge in [-0.15, -0.1) is 6.89 Å². The molecule has 78 valence electrons. The summed E-state index contributed by atoms with van der Waals surface area (Å²) in [4.78, 5) is 0. The second kappa shape index (κ2) is 3.11. The zero-order chi connectivity index (χ0) is 10.5. The quantitative estimate of drug-likeness (QED) is 0.442. The van der Waals surface area contributed by atoms with E-state index in [4.69, 9.17) is 0 Å². The van der Waals surface area contributed by atoms with Crippen LogP contribution >= 0.6 is 6.89 Å². The molecule has 0 saturated carbocycles. The molecule has 1 heterocycles. The first-order valence-corrected chi connectivity index (χ1v) is 14.8. The molecule has 0 aliphatic carbocycles. The molecule has 0 amide bonds. The van der Waals surface area contributed by atoms with Crippen molar-refractivity contribution >= 4 is 27.6 Å². The Hall–Kier alpha value is 0.734. The van der Waals surface area contributed by atoms with Crippen molar-refractivity contribution in [3.8, 4) is 0 Å². The van der Waals surface area contributed by atoms with Crippen LogP contribution in [0.2, 0.25) is 38.3 Å². The van der Waals surface area contributed by atoms with Crippen molar-refractivity contribution in [1.29, 1.82) is 0 Å². The molecule has 0 radical (unpaired) electrons. The molecule has 0 aromatic carbocycles. The van der Waals surface area contributed by atoms with Crippen LogP contribution in [0.1, 0.15) is 0 Å². The monoisotopic (exact) mass is 232 g/mol. The Labute approximate surface area is 86.1 Å². The molecule has 1 saturated heterocycles. The molecule has 0 N–H and O–H groups in total. The van der Waals surface area contributed by atoms with Crippen molar-refractivity contribution < 1.29 is 0 Å². The summed E-state index contributed by atoms with van der Waals surface area (Å²) in [5.74, 6) is 0.